The third kappa shape index (κ3) is 3.52. The standard InChI is InChI=1S/C21H28N8/c1-14-11-18(29-20(24-14)22-13-23-29)28-9-7-27(8-10-28)17-12-16(21(2,3)4)25-19(26-17)15-5-6-15/h11-13,15H,5-10H2,1-4H3. The molecule has 3 aromatic heterocycles. The summed E-state index contributed by atoms with van der Waals surface area (Å²) >= 11 is 0. The maximum absolute atomic E-state index is 4.94. The van der Waals surface area contributed by atoms with Crippen molar-refractivity contribution in [3.63, 3.8) is 0 Å². The maximum atomic E-state index is 4.94. The summed E-state index contributed by atoms with van der Waals surface area (Å²) in [5.74, 6) is 4.37. The van der Waals surface area contributed by atoms with Crippen molar-refractivity contribution in [1.82, 2.24) is 29.5 Å². The molecule has 29 heavy (non-hydrogen) atoms. The van der Waals surface area contributed by atoms with Gasteiger partial charge in [0.15, 0.2) is 0 Å². The van der Waals surface area contributed by atoms with Crippen molar-refractivity contribution in [2.24, 2.45) is 0 Å². The van der Waals surface area contributed by atoms with Gasteiger partial charge in [-0.05, 0) is 19.8 Å². The van der Waals surface area contributed by atoms with Crippen LogP contribution in [0.4, 0.5) is 11.6 Å². The summed E-state index contributed by atoms with van der Waals surface area (Å²) in [6, 6.07) is 4.28. The second-order valence-corrected chi connectivity index (χ2v) is 9.20. The van der Waals surface area contributed by atoms with E-state index >= 15 is 0 Å². The van der Waals surface area contributed by atoms with E-state index in [4.69, 9.17) is 9.97 Å². The zero-order valence-electron chi connectivity index (χ0n) is 17.6. The summed E-state index contributed by atoms with van der Waals surface area (Å²) in [5, 5.41) is 4.36. The van der Waals surface area contributed by atoms with Gasteiger partial charge in [-0.3, -0.25) is 0 Å². The molecule has 0 atom stereocenters. The molecule has 0 amide bonds. The quantitative estimate of drug-likeness (QED) is 0.678. The Balaban J connectivity index is 1.39. The molecule has 8 nitrogen and oxygen atoms in total. The number of fused-ring (bicyclic) bond motifs is 1. The van der Waals surface area contributed by atoms with Gasteiger partial charge in [0.05, 0.1) is 5.69 Å². The van der Waals surface area contributed by atoms with Crippen LogP contribution in [-0.4, -0.2) is 55.7 Å². The molecule has 3 aromatic rings. The van der Waals surface area contributed by atoms with Crippen LogP contribution < -0.4 is 9.80 Å². The number of rotatable bonds is 3. The third-order valence-electron chi connectivity index (χ3n) is 5.73. The summed E-state index contributed by atoms with van der Waals surface area (Å²) in [5.41, 5.74) is 2.12. The zero-order chi connectivity index (χ0) is 20.2. The fraction of sp³-hybridized carbons (Fsp3) is 0.571. The van der Waals surface area contributed by atoms with Gasteiger partial charge in [0.2, 0.25) is 0 Å². The van der Waals surface area contributed by atoms with Gasteiger partial charge >= 0.3 is 0 Å². The minimum Gasteiger partial charge on any atom is -0.353 e. The molecular formula is C21H28N8. The van der Waals surface area contributed by atoms with Gasteiger partial charge < -0.3 is 9.80 Å². The van der Waals surface area contributed by atoms with E-state index in [0.29, 0.717) is 11.7 Å². The molecule has 4 heterocycles. The van der Waals surface area contributed by atoms with E-state index < -0.39 is 0 Å². The summed E-state index contributed by atoms with van der Waals surface area (Å²) in [4.78, 5) is 23.3. The molecule has 1 aliphatic carbocycles. The molecule has 2 aliphatic rings. The Kier molecular flexibility index (Phi) is 4.18. The molecule has 2 fully saturated rings. The van der Waals surface area contributed by atoms with Crippen molar-refractivity contribution >= 4 is 17.4 Å². The molecule has 1 aliphatic heterocycles. The van der Waals surface area contributed by atoms with Crippen LogP contribution in [0.3, 0.4) is 0 Å². The van der Waals surface area contributed by atoms with Gasteiger partial charge in [-0.2, -0.15) is 14.6 Å². The fourth-order valence-corrected chi connectivity index (χ4v) is 3.82. The Bertz CT molecular complexity index is 1040. The molecule has 0 N–H and O–H groups in total. The van der Waals surface area contributed by atoms with Crippen LogP contribution in [0, 0.1) is 6.92 Å². The molecule has 0 bridgehead atoms. The second kappa shape index (κ2) is 6.64. The smallest absolute Gasteiger partial charge is 0.254 e. The largest absolute Gasteiger partial charge is 0.353 e. The van der Waals surface area contributed by atoms with Crippen molar-refractivity contribution in [1.29, 1.82) is 0 Å². The molecule has 1 saturated carbocycles. The molecule has 0 radical (unpaired) electrons. The van der Waals surface area contributed by atoms with Crippen molar-refractivity contribution in [2.45, 2.75) is 51.9 Å². The maximum Gasteiger partial charge on any atom is 0.254 e. The van der Waals surface area contributed by atoms with E-state index in [0.717, 1.165) is 55.0 Å². The highest BCUT2D eigenvalue weighted by atomic mass is 15.4. The zero-order valence-corrected chi connectivity index (χ0v) is 17.6. The van der Waals surface area contributed by atoms with Gasteiger partial charge in [-0.15, -0.1) is 0 Å². The monoisotopic (exact) mass is 392 g/mol. The second-order valence-electron chi connectivity index (χ2n) is 9.20. The Morgan fingerprint density at radius 3 is 2.34 bits per heavy atom. The van der Waals surface area contributed by atoms with Crippen LogP contribution in [-0.2, 0) is 5.41 Å². The van der Waals surface area contributed by atoms with Crippen molar-refractivity contribution < 1.29 is 0 Å². The number of nitrogens with zero attached hydrogens (tertiary/aromatic N) is 8. The number of aromatic nitrogens is 6. The lowest BCUT2D eigenvalue weighted by Crippen LogP contribution is -2.47. The highest BCUT2D eigenvalue weighted by Gasteiger charge is 2.30. The number of anilines is 2. The van der Waals surface area contributed by atoms with Gasteiger partial charge in [0.25, 0.3) is 5.78 Å². The SMILES string of the molecule is Cc1cc(N2CCN(c3cc(C(C)(C)C)nc(C4CC4)n3)CC2)n2ncnc2n1. The molecule has 0 aromatic carbocycles. The van der Waals surface area contributed by atoms with Crippen LogP contribution in [0.25, 0.3) is 5.78 Å². The number of piperazine rings is 1. The topological polar surface area (TPSA) is 75.3 Å². The molecule has 5 rings (SSSR count). The lowest BCUT2D eigenvalue weighted by atomic mass is 9.91. The first-order valence-corrected chi connectivity index (χ1v) is 10.5. The van der Waals surface area contributed by atoms with E-state index in [2.05, 4.69) is 57.8 Å². The van der Waals surface area contributed by atoms with Crippen molar-refractivity contribution in [3.8, 4) is 0 Å². The molecule has 8 heteroatoms. The summed E-state index contributed by atoms with van der Waals surface area (Å²) in [6.45, 7) is 12.3. The molecule has 152 valence electrons. The Morgan fingerprint density at radius 2 is 1.66 bits per heavy atom. The summed E-state index contributed by atoms with van der Waals surface area (Å²) in [6.07, 6.45) is 4.00. The predicted octanol–water partition coefficient (Wildman–Crippen LogP) is 2.72. The lowest BCUT2D eigenvalue weighted by Gasteiger charge is -2.37. The van der Waals surface area contributed by atoms with Crippen molar-refractivity contribution in [3.05, 3.63) is 35.7 Å². The average Bonchev–Trinajstić information content (AvgIpc) is 3.45. The summed E-state index contributed by atoms with van der Waals surface area (Å²) in [7, 11) is 0. The predicted molar refractivity (Wildman–Crippen MR) is 113 cm³/mol. The minimum atomic E-state index is 0.0242. The van der Waals surface area contributed by atoms with Crippen LogP contribution in [0.5, 0.6) is 0 Å². The first-order valence-electron chi connectivity index (χ1n) is 10.5. The van der Waals surface area contributed by atoms with Gasteiger partial charge in [0, 0.05) is 55.3 Å². The number of hydrogen-bond donors (Lipinski definition) is 0. The van der Waals surface area contributed by atoms with Crippen LogP contribution in [0.2, 0.25) is 0 Å². The minimum absolute atomic E-state index is 0.0242. The van der Waals surface area contributed by atoms with Gasteiger partial charge in [-0.25, -0.2) is 15.0 Å². The van der Waals surface area contributed by atoms with E-state index in [9.17, 15) is 0 Å². The first-order chi connectivity index (χ1) is 13.9. The highest BCUT2D eigenvalue weighted by Crippen LogP contribution is 2.39. The number of aryl methyl sites for hydroxylation is 1. The first kappa shape index (κ1) is 18.3. The molecule has 0 unspecified atom stereocenters. The van der Waals surface area contributed by atoms with Crippen LogP contribution >= 0.6 is 0 Å². The normalized spacial score (nSPS) is 17.9. The van der Waals surface area contributed by atoms with E-state index in [1.54, 1.807) is 6.33 Å². The fourth-order valence-electron chi connectivity index (χ4n) is 3.82. The van der Waals surface area contributed by atoms with E-state index in [-0.39, 0.29) is 5.41 Å². The molecular weight excluding hydrogens is 364 g/mol. The average molecular weight is 393 g/mol. The van der Waals surface area contributed by atoms with E-state index in [1.807, 2.05) is 11.4 Å². The van der Waals surface area contributed by atoms with E-state index in [1.165, 1.54) is 12.8 Å². The lowest BCUT2D eigenvalue weighted by molar-refractivity contribution is 0.559. The Labute approximate surface area is 171 Å². The summed E-state index contributed by atoms with van der Waals surface area (Å²) < 4.78 is 1.83. The third-order valence-corrected chi connectivity index (χ3v) is 5.73. The van der Waals surface area contributed by atoms with Gasteiger partial charge in [0.1, 0.15) is 23.8 Å². The molecule has 0 spiro atoms. The van der Waals surface area contributed by atoms with Crippen molar-refractivity contribution in [2.75, 3.05) is 36.0 Å². The Morgan fingerprint density at radius 1 is 0.931 bits per heavy atom. The van der Waals surface area contributed by atoms with Crippen LogP contribution in [0.15, 0.2) is 18.5 Å². The highest BCUT2D eigenvalue weighted by molar-refractivity contribution is 5.50. The Hall–Kier alpha value is -2.77. The van der Waals surface area contributed by atoms with Gasteiger partial charge in [-0.1, -0.05) is 20.8 Å². The number of hydrogen-bond acceptors (Lipinski definition) is 7. The van der Waals surface area contributed by atoms with Crippen LogP contribution in [0.1, 0.15) is 56.7 Å². The molecule has 1 saturated heterocycles.